The van der Waals surface area contributed by atoms with Gasteiger partial charge in [-0.3, -0.25) is 9.59 Å². The molecule has 114 valence electrons. The molecule has 0 aromatic heterocycles. The highest BCUT2D eigenvalue weighted by Crippen LogP contribution is 2.30. The molecule has 1 aliphatic rings. The van der Waals surface area contributed by atoms with Gasteiger partial charge in [0.1, 0.15) is 0 Å². The number of anilines is 2. The number of carbonyl (C=O) groups excluding carboxylic acids is 2. The van der Waals surface area contributed by atoms with Crippen LogP contribution in [0.2, 0.25) is 0 Å². The summed E-state index contributed by atoms with van der Waals surface area (Å²) in [6.07, 6.45) is 2.26. The summed E-state index contributed by atoms with van der Waals surface area (Å²) >= 11 is 0. The number of benzene rings is 1. The van der Waals surface area contributed by atoms with Gasteiger partial charge in [-0.1, -0.05) is 0 Å². The van der Waals surface area contributed by atoms with Gasteiger partial charge in [-0.05, 0) is 37.0 Å². The Labute approximate surface area is 124 Å². The molecule has 2 amide bonds. The Bertz CT molecular complexity index is 536. The molecular formula is C15H22N4O2. The Morgan fingerprint density at radius 1 is 1.33 bits per heavy atom. The SMILES string of the molecule is CNC(=O)c1ccc(N)c(N2CCC(CC(N)=O)CC2)c1. The minimum atomic E-state index is -0.241. The fourth-order valence-corrected chi connectivity index (χ4v) is 2.77. The summed E-state index contributed by atoms with van der Waals surface area (Å²) in [6, 6.07) is 5.30. The molecule has 0 aliphatic carbocycles. The van der Waals surface area contributed by atoms with Crippen LogP contribution in [0.5, 0.6) is 0 Å². The number of piperidine rings is 1. The van der Waals surface area contributed by atoms with E-state index in [1.807, 2.05) is 6.07 Å². The first-order valence-corrected chi connectivity index (χ1v) is 7.16. The summed E-state index contributed by atoms with van der Waals surface area (Å²) in [5.74, 6) is -0.0171. The highest BCUT2D eigenvalue weighted by Gasteiger charge is 2.22. The summed E-state index contributed by atoms with van der Waals surface area (Å²) in [6.45, 7) is 1.64. The quantitative estimate of drug-likeness (QED) is 0.711. The minimum Gasteiger partial charge on any atom is -0.397 e. The average Bonchev–Trinajstić information content (AvgIpc) is 2.47. The van der Waals surface area contributed by atoms with E-state index in [1.165, 1.54) is 0 Å². The Balaban J connectivity index is 2.09. The van der Waals surface area contributed by atoms with Crippen molar-refractivity contribution in [2.24, 2.45) is 11.7 Å². The van der Waals surface area contributed by atoms with E-state index in [4.69, 9.17) is 11.5 Å². The van der Waals surface area contributed by atoms with E-state index in [-0.39, 0.29) is 11.8 Å². The van der Waals surface area contributed by atoms with E-state index in [1.54, 1.807) is 19.2 Å². The zero-order chi connectivity index (χ0) is 15.4. The molecule has 0 unspecified atom stereocenters. The molecule has 1 fully saturated rings. The Morgan fingerprint density at radius 3 is 2.57 bits per heavy atom. The maximum Gasteiger partial charge on any atom is 0.251 e. The number of nitrogens with two attached hydrogens (primary N) is 2. The van der Waals surface area contributed by atoms with E-state index in [0.717, 1.165) is 31.6 Å². The van der Waals surface area contributed by atoms with Crippen molar-refractivity contribution >= 4 is 23.2 Å². The van der Waals surface area contributed by atoms with Crippen molar-refractivity contribution in [1.29, 1.82) is 0 Å². The second-order valence-electron chi connectivity index (χ2n) is 5.45. The number of nitrogen functional groups attached to an aromatic ring is 1. The van der Waals surface area contributed by atoms with Crippen LogP contribution in [-0.2, 0) is 4.79 Å². The zero-order valence-corrected chi connectivity index (χ0v) is 12.3. The third-order valence-corrected chi connectivity index (χ3v) is 3.96. The molecule has 1 aromatic rings. The van der Waals surface area contributed by atoms with Crippen molar-refractivity contribution < 1.29 is 9.59 Å². The lowest BCUT2D eigenvalue weighted by atomic mass is 9.93. The van der Waals surface area contributed by atoms with Crippen LogP contribution in [0, 0.1) is 5.92 Å². The van der Waals surface area contributed by atoms with Crippen molar-refractivity contribution in [3.8, 4) is 0 Å². The van der Waals surface area contributed by atoms with Gasteiger partial charge < -0.3 is 21.7 Å². The van der Waals surface area contributed by atoms with Crippen molar-refractivity contribution in [3.63, 3.8) is 0 Å². The van der Waals surface area contributed by atoms with Gasteiger partial charge in [0.05, 0.1) is 11.4 Å². The van der Waals surface area contributed by atoms with Crippen molar-refractivity contribution in [2.75, 3.05) is 30.8 Å². The van der Waals surface area contributed by atoms with Crippen LogP contribution in [0.4, 0.5) is 11.4 Å². The molecular weight excluding hydrogens is 268 g/mol. The summed E-state index contributed by atoms with van der Waals surface area (Å²) < 4.78 is 0. The molecule has 6 heteroatoms. The molecule has 1 aliphatic heterocycles. The first-order valence-electron chi connectivity index (χ1n) is 7.16. The van der Waals surface area contributed by atoms with Gasteiger partial charge >= 0.3 is 0 Å². The third-order valence-electron chi connectivity index (χ3n) is 3.96. The van der Waals surface area contributed by atoms with E-state index < -0.39 is 0 Å². The molecule has 1 aromatic carbocycles. The highest BCUT2D eigenvalue weighted by atomic mass is 16.1. The van der Waals surface area contributed by atoms with Gasteiger partial charge in [0.15, 0.2) is 0 Å². The summed E-state index contributed by atoms with van der Waals surface area (Å²) in [4.78, 5) is 24.8. The van der Waals surface area contributed by atoms with Gasteiger partial charge in [0, 0.05) is 32.1 Å². The van der Waals surface area contributed by atoms with Crippen molar-refractivity contribution in [3.05, 3.63) is 23.8 Å². The largest absolute Gasteiger partial charge is 0.397 e. The number of carbonyl (C=O) groups is 2. The summed E-state index contributed by atoms with van der Waals surface area (Å²) in [5.41, 5.74) is 13.4. The number of primary amides is 1. The molecule has 6 nitrogen and oxygen atoms in total. The van der Waals surface area contributed by atoms with Gasteiger partial charge in [0.25, 0.3) is 5.91 Å². The van der Waals surface area contributed by atoms with Gasteiger partial charge in [0.2, 0.25) is 5.91 Å². The lowest BCUT2D eigenvalue weighted by molar-refractivity contribution is -0.119. The van der Waals surface area contributed by atoms with Crippen LogP contribution >= 0.6 is 0 Å². The minimum absolute atomic E-state index is 0.125. The van der Waals surface area contributed by atoms with E-state index >= 15 is 0 Å². The Hall–Kier alpha value is -2.24. The van der Waals surface area contributed by atoms with E-state index in [0.29, 0.717) is 23.6 Å². The fraction of sp³-hybridized carbons (Fsp3) is 0.467. The third kappa shape index (κ3) is 3.65. The van der Waals surface area contributed by atoms with Crippen LogP contribution in [0.15, 0.2) is 18.2 Å². The van der Waals surface area contributed by atoms with Crippen LogP contribution < -0.4 is 21.7 Å². The lowest BCUT2D eigenvalue weighted by Gasteiger charge is -2.34. The lowest BCUT2D eigenvalue weighted by Crippen LogP contribution is -2.35. The average molecular weight is 290 g/mol. The summed E-state index contributed by atoms with van der Waals surface area (Å²) in [5, 5.41) is 2.61. The normalized spacial score (nSPS) is 15.8. The predicted molar refractivity (Wildman–Crippen MR) is 83.0 cm³/mol. The molecule has 1 heterocycles. The second-order valence-corrected chi connectivity index (χ2v) is 5.45. The molecule has 0 saturated carbocycles. The molecule has 0 radical (unpaired) electrons. The second kappa shape index (κ2) is 6.47. The maximum atomic E-state index is 11.7. The van der Waals surface area contributed by atoms with Gasteiger partial charge in [-0.25, -0.2) is 0 Å². The molecule has 2 rings (SSSR count). The first-order chi connectivity index (χ1) is 10.0. The summed E-state index contributed by atoms with van der Waals surface area (Å²) in [7, 11) is 1.60. The zero-order valence-electron chi connectivity index (χ0n) is 12.3. The topological polar surface area (TPSA) is 101 Å². The van der Waals surface area contributed by atoms with Crippen molar-refractivity contribution in [1.82, 2.24) is 5.32 Å². The van der Waals surface area contributed by atoms with Crippen molar-refractivity contribution in [2.45, 2.75) is 19.3 Å². The number of nitrogens with one attached hydrogen (secondary N) is 1. The Morgan fingerprint density at radius 2 is 2.00 bits per heavy atom. The predicted octanol–water partition coefficient (Wildman–Crippen LogP) is 0.720. The first kappa shape index (κ1) is 15.2. The molecule has 21 heavy (non-hydrogen) atoms. The molecule has 0 atom stereocenters. The molecule has 1 saturated heterocycles. The van der Waals surface area contributed by atoms with Gasteiger partial charge in [-0.2, -0.15) is 0 Å². The number of hydrogen-bond acceptors (Lipinski definition) is 4. The monoisotopic (exact) mass is 290 g/mol. The fourth-order valence-electron chi connectivity index (χ4n) is 2.77. The molecule has 0 spiro atoms. The number of nitrogens with zero attached hydrogens (tertiary/aromatic N) is 1. The highest BCUT2D eigenvalue weighted by molar-refractivity contribution is 5.96. The molecule has 5 N–H and O–H groups in total. The van der Waals surface area contributed by atoms with E-state index in [2.05, 4.69) is 10.2 Å². The molecule has 0 bridgehead atoms. The van der Waals surface area contributed by atoms with Crippen LogP contribution in [0.25, 0.3) is 0 Å². The smallest absolute Gasteiger partial charge is 0.251 e. The number of rotatable bonds is 4. The van der Waals surface area contributed by atoms with Gasteiger partial charge in [-0.15, -0.1) is 0 Å². The Kier molecular flexibility index (Phi) is 4.67. The number of amides is 2. The van der Waals surface area contributed by atoms with Crippen LogP contribution in [-0.4, -0.2) is 32.0 Å². The maximum absolute atomic E-state index is 11.7. The van der Waals surface area contributed by atoms with E-state index in [9.17, 15) is 9.59 Å². The number of hydrogen-bond donors (Lipinski definition) is 3. The standard InChI is InChI=1S/C15H22N4O2/c1-18-15(21)11-2-3-12(16)13(9-11)19-6-4-10(5-7-19)8-14(17)20/h2-3,9-10H,4-8,16H2,1H3,(H2,17,20)(H,18,21). The van der Waals surface area contributed by atoms with Crippen LogP contribution in [0.1, 0.15) is 29.6 Å². The van der Waals surface area contributed by atoms with Crippen LogP contribution in [0.3, 0.4) is 0 Å².